The number of rotatable bonds is 3. The molecule has 25 heavy (non-hydrogen) atoms. The highest BCUT2D eigenvalue weighted by Gasteiger charge is 2.23. The second-order valence-electron chi connectivity index (χ2n) is 6.32. The Morgan fingerprint density at radius 2 is 1.80 bits per heavy atom. The van der Waals surface area contributed by atoms with E-state index in [9.17, 15) is 9.18 Å². The van der Waals surface area contributed by atoms with Gasteiger partial charge in [-0.3, -0.25) is 0 Å². The molecular formula is C20H24FN3O. The standard InChI is InChI=1S/C20H24FN3O/c1-3-16-8-6-7-15(2)19(16)23-11-13-24(14-12-23)20(25)22-18-10-5-4-9-17(18)21/h4-10H,3,11-14H2,1-2H3,(H,22,25). The average Bonchev–Trinajstić information content (AvgIpc) is 2.63. The van der Waals surface area contributed by atoms with Crippen molar-refractivity contribution >= 4 is 17.4 Å². The summed E-state index contributed by atoms with van der Waals surface area (Å²) in [7, 11) is 0. The molecule has 1 aliphatic heterocycles. The molecule has 1 saturated heterocycles. The summed E-state index contributed by atoms with van der Waals surface area (Å²) < 4.78 is 13.7. The van der Waals surface area contributed by atoms with Crippen molar-refractivity contribution in [3.8, 4) is 0 Å². The van der Waals surface area contributed by atoms with E-state index in [1.165, 1.54) is 22.9 Å². The Kier molecular flexibility index (Phi) is 5.22. The molecule has 0 saturated carbocycles. The van der Waals surface area contributed by atoms with Crippen LogP contribution in [0.4, 0.5) is 20.6 Å². The van der Waals surface area contributed by atoms with E-state index in [2.05, 4.69) is 42.3 Å². The van der Waals surface area contributed by atoms with Crippen LogP contribution in [0.25, 0.3) is 0 Å². The largest absolute Gasteiger partial charge is 0.368 e. The van der Waals surface area contributed by atoms with Gasteiger partial charge in [0.1, 0.15) is 5.82 Å². The number of urea groups is 1. The van der Waals surface area contributed by atoms with Gasteiger partial charge in [-0.05, 0) is 36.6 Å². The number of hydrogen-bond donors (Lipinski definition) is 1. The van der Waals surface area contributed by atoms with Crippen LogP contribution < -0.4 is 10.2 Å². The van der Waals surface area contributed by atoms with Gasteiger partial charge in [-0.25, -0.2) is 9.18 Å². The lowest BCUT2D eigenvalue weighted by Crippen LogP contribution is -2.50. The average molecular weight is 341 g/mol. The molecule has 2 amide bonds. The third-order valence-electron chi connectivity index (χ3n) is 4.70. The van der Waals surface area contributed by atoms with E-state index in [0.717, 1.165) is 19.5 Å². The molecule has 0 radical (unpaired) electrons. The van der Waals surface area contributed by atoms with Gasteiger partial charge in [-0.15, -0.1) is 0 Å². The molecule has 4 nitrogen and oxygen atoms in total. The maximum Gasteiger partial charge on any atom is 0.322 e. The highest BCUT2D eigenvalue weighted by molar-refractivity contribution is 5.89. The number of benzene rings is 2. The van der Waals surface area contributed by atoms with Gasteiger partial charge in [0.05, 0.1) is 5.69 Å². The number of aryl methyl sites for hydroxylation is 2. The number of hydrogen-bond acceptors (Lipinski definition) is 2. The van der Waals surface area contributed by atoms with Gasteiger partial charge in [-0.2, -0.15) is 0 Å². The van der Waals surface area contributed by atoms with Crippen molar-refractivity contribution in [2.24, 2.45) is 0 Å². The first-order valence-electron chi connectivity index (χ1n) is 8.74. The molecule has 3 rings (SSSR count). The summed E-state index contributed by atoms with van der Waals surface area (Å²) >= 11 is 0. The van der Waals surface area contributed by atoms with E-state index >= 15 is 0 Å². The van der Waals surface area contributed by atoms with Crippen LogP contribution in [0, 0.1) is 12.7 Å². The third kappa shape index (κ3) is 3.76. The molecule has 132 valence electrons. The van der Waals surface area contributed by atoms with Crippen molar-refractivity contribution in [1.82, 2.24) is 4.90 Å². The number of nitrogens with one attached hydrogen (secondary N) is 1. The van der Waals surface area contributed by atoms with Crippen LogP contribution in [0.1, 0.15) is 18.1 Å². The van der Waals surface area contributed by atoms with E-state index in [4.69, 9.17) is 0 Å². The van der Waals surface area contributed by atoms with Crippen LogP contribution in [0.15, 0.2) is 42.5 Å². The van der Waals surface area contributed by atoms with Crippen molar-refractivity contribution in [3.05, 3.63) is 59.4 Å². The highest BCUT2D eigenvalue weighted by Crippen LogP contribution is 2.27. The normalized spacial score (nSPS) is 14.5. The minimum Gasteiger partial charge on any atom is -0.368 e. The maximum atomic E-state index is 13.7. The van der Waals surface area contributed by atoms with Crippen molar-refractivity contribution < 1.29 is 9.18 Å². The van der Waals surface area contributed by atoms with Crippen LogP contribution in [0.5, 0.6) is 0 Å². The number of halogens is 1. The van der Waals surface area contributed by atoms with Crippen molar-refractivity contribution in [3.63, 3.8) is 0 Å². The number of amides is 2. The fraction of sp³-hybridized carbons (Fsp3) is 0.350. The Morgan fingerprint density at radius 1 is 1.08 bits per heavy atom. The van der Waals surface area contributed by atoms with Gasteiger partial charge in [0.2, 0.25) is 0 Å². The Labute approximate surface area is 148 Å². The molecule has 0 aromatic heterocycles. The molecule has 1 fully saturated rings. The predicted octanol–water partition coefficient (Wildman–Crippen LogP) is 4.05. The van der Waals surface area contributed by atoms with Gasteiger partial charge in [0, 0.05) is 31.9 Å². The van der Waals surface area contributed by atoms with E-state index in [-0.39, 0.29) is 11.7 Å². The van der Waals surface area contributed by atoms with Crippen LogP contribution in [0.3, 0.4) is 0 Å². The lowest BCUT2D eigenvalue weighted by Gasteiger charge is -2.37. The van der Waals surface area contributed by atoms with E-state index in [1.807, 2.05) is 0 Å². The van der Waals surface area contributed by atoms with Gasteiger partial charge >= 0.3 is 6.03 Å². The Hall–Kier alpha value is -2.56. The number of carbonyl (C=O) groups is 1. The van der Waals surface area contributed by atoms with Crippen molar-refractivity contribution in [1.29, 1.82) is 0 Å². The molecule has 0 aliphatic carbocycles. The Bertz CT molecular complexity index is 754. The summed E-state index contributed by atoms with van der Waals surface area (Å²) in [6, 6.07) is 12.4. The zero-order chi connectivity index (χ0) is 17.8. The lowest BCUT2D eigenvalue weighted by molar-refractivity contribution is 0.208. The number of carbonyl (C=O) groups excluding carboxylic acids is 1. The lowest BCUT2D eigenvalue weighted by atomic mass is 10.0. The number of para-hydroxylation sites is 2. The quantitative estimate of drug-likeness (QED) is 0.914. The monoisotopic (exact) mass is 341 g/mol. The third-order valence-corrected chi connectivity index (χ3v) is 4.70. The number of piperazine rings is 1. The van der Waals surface area contributed by atoms with Crippen LogP contribution in [-0.2, 0) is 6.42 Å². The van der Waals surface area contributed by atoms with E-state index in [1.54, 1.807) is 23.1 Å². The smallest absolute Gasteiger partial charge is 0.322 e. The van der Waals surface area contributed by atoms with E-state index in [0.29, 0.717) is 13.1 Å². The summed E-state index contributed by atoms with van der Waals surface area (Å²) in [5.74, 6) is -0.415. The first kappa shape index (κ1) is 17.3. The topological polar surface area (TPSA) is 35.6 Å². The van der Waals surface area contributed by atoms with Crippen molar-refractivity contribution in [2.45, 2.75) is 20.3 Å². The minimum absolute atomic E-state index is 0.224. The van der Waals surface area contributed by atoms with Gasteiger partial charge in [-0.1, -0.05) is 37.3 Å². The molecule has 0 bridgehead atoms. The highest BCUT2D eigenvalue weighted by atomic mass is 19.1. The summed E-state index contributed by atoms with van der Waals surface area (Å²) in [6.07, 6.45) is 0.991. The zero-order valence-electron chi connectivity index (χ0n) is 14.8. The second kappa shape index (κ2) is 7.55. The molecule has 0 unspecified atom stereocenters. The molecule has 2 aromatic carbocycles. The van der Waals surface area contributed by atoms with Crippen molar-refractivity contribution in [2.75, 3.05) is 36.4 Å². The molecule has 5 heteroatoms. The van der Waals surface area contributed by atoms with Gasteiger partial charge in [0.25, 0.3) is 0 Å². The van der Waals surface area contributed by atoms with Crippen LogP contribution in [-0.4, -0.2) is 37.1 Å². The molecule has 0 atom stereocenters. The molecule has 1 heterocycles. The molecule has 0 spiro atoms. The number of anilines is 2. The summed E-state index contributed by atoms with van der Waals surface area (Å²) in [6.45, 7) is 7.10. The molecule has 1 N–H and O–H groups in total. The molecule has 2 aromatic rings. The minimum atomic E-state index is -0.415. The number of nitrogens with zero attached hydrogens (tertiary/aromatic N) is 2. The van der Waals surface area contributed by atoms with Gasteiger partial charge in [0.15, 0.2) is 0 Å². The fourth-order valence-electron chi connectivity index (χ4n) is 3.35. The summed E-state index contributed by atoms with van der Waals surface area (Å²) in [4.78, 5) is 16.5. The Balaban J connectivity index is 1.64. The molecule has 1 aliphatic rings. The fourth-order valence-corrected chi connectivity index (χ4v) is 3.35. The predicted molar refractivity (Wildman–Crippen MR) is 99.8 cm³/mol. The Morgan fingerprint density at radius 3 is 2.48 bits per heavy atom. The maximum absolute atomic E-state index is 13.7. The second-order valence-corrected chi connectivity index (χ2v) is 6.32. The summed E-state index contributed by atoms with van der Waals surface area (Å²) in [5.41, 5.74) is 4.12. The molecular weight excluding hydrogens is 317 g/mol. The zero-order valence-corrected chi connectivity index (χ0v) is 14.8. The first-order valence-corrected chi connectivity index (χ1v) is 8.74. The van der Waals surface area contributed by atoms with Gasteiger partial charge < -0.3 is 15.1 Å². The van der Waals surface area contributed by atoms with Crippen LogP contribution >= 0.6 is 0 Å². The first-order chi connectivity index (χ1) is 12.1. The SMILES string of the molecule is CCc1cccc(C)c1N1CCN(C(=O)Nc2ccccc2F)CC1. The summed E-state index contributed by atoms with van der Waals surface area (Å²) in [5, 5.41) is 2.66. The van der Waals surface area contributed by atoms with Crippen LogP contribution in [0.2, 0.25) is 0 Å². The van der Waals surface area contributed by atoms with E-state index < -0.39 is 5.82 Å².